The molecule has 7 N–H and O–H groups in total. The van der Waals surface area contributed by atoms with Crippen LogP contribution < -0.4 is 5.73 Å². The van der Waals surface area contributed by atoms with Crippen LogP contribution in [0.1, 0.15) is 84.0 Å². The van der Waals surface area contributed by atoms with Crippen molar-refractivity contribution in [1.29, 1.82) is 0 Å². The average molecular weight is 462 g/mol. The number of hydrogen-bond acceptors (Lipinski definition) is 8. The van der Waals surface area contributed by atoms with Gasteiger partial charge in [-0.2, -0.15) is 0 Å². The lowest BCUT2D eigenvalue weighted by Crippen LogP contribution is -2.59. The Morgan fingerprint density at radius 1 is 0.875 bits per heavy atom. The molecule has 1 fully saturated rings. The van der Waals surface area contributed by atoms with Gasteiger partial charge in [0.1, 0.15) is 24.4 Å². The molecule has 0 amide bonds. The van der Waals surface area contributed by atoms with Gasteiger partial charge in [0.2, 0.25) is 0 Å². The van der Waals surface area contributed by atoms with E-state index in [-0.39, 0.29) is 6.61 Å². The van der Waals surface area contributed by atoms with Crippen molar-refractivity contribution in [3.05, 3.63) is 12.2 Å². The third kappa shape index (κ3) is 11.5. The molecule has 8 heteroatoms. The van der Waals surface area contributed by atoms with Crippen LogP contribution in [-0.2, 0) is 9.47 Å². The number of aliphatic hydroxyl groups excluding tert-OH is 5. The van der Waals surface area contributed by atoms with Gasteiger partial charge in [-0.25, -0.2) is 0 Å². The predicted molar refractivity (Wildman–Crippen MR) is 124 cm³/mol. The van der Waals surface area contributed by atoms with Crippen molar-refractivity contribution in [2.45, 2.75) is 127 Å². The van der Waals surface area contributed by atoms with Crippen molar-refractivity contribution in [1.82, 2.24) is 0 Å². The first-order valence-electron chi connectivity index (χ1n) is 12.4. The molecule has 1 rings (SSSR count). The maximum absolute atomic E-state index is 10.2. The highest BCUT2D eigenvalue weighted by Crippen LogP contribution is 2.22. The van der Waals surface area contributed by atoms with Gasteiger partial charge in [-0.3, -0.25) is 0 Å². The largest absolute Gasteiger partial charge is 0.394 e. The zero-order valence-corrected chi connectivity index (χ0v) is 19.7. The zero-order chi connectivity index (χ0) is 23.8. The van der Waals surface area contributed by atoms with Gasteiger partial charge in [-0.1, -0.05) is 83.3 Å². The van der Waals surface area contributed by atoms with E-state index in [4.69, 9.17) is 15.2 Å². The fraction of sp³-hybridized carbons (Fsp3) is 0.917. The van der Waals surface area contributed by atoms with Crippen LogP contribution in [0.3, 0.4) is 0 Å². The molecule has 0 aliphatic carbocycles. The molecule has 7 atom stereocenters. The van der Waals surface area contributed by atoms with Crippen LogP contribution in [0, 0.1) is 0 Å². The smallest absolute Gasteiger partial charge is 0.186 e. The minimum atomic E-state index is -1.50. The van der Waals surface area contributed by atoms with Crippen LogP contribution >= 0.6 is 0 Å². The van der Waals surface area contributed by atoms with Crippen molar-refractivity contribution in [3.8, 4) is 0 Å². The van der Waals surface area contributed by atoms with E-state index in [1.54, 1.807) is 6.08 Å². The Kier molecular flexibility index (Phi) is 16.4. The van der Waals surface area contributed by atoms with Crippen LogP contribution in [0.5, 0.6) is 0 Å². The number of ether oxygens (including phenoxy) is 2. The second kappa shape index (κ2) is 17.8. The highest BCUT2D eigenvalue weighted by molar-refractivity contribution is 4.94. The molecule has 8 nitrogen and oxygen atoms in total. The number of aliphatic hydroxyl groups is 5. The number of unbranched alkanes of at least 4 members (excludes halogenated alkanes) is 11. The van der Waals surface area contributed by atoms with Crippen molar-refractivity contribution < 1.29 is 35.0 Å². The molecule has 32 heavy (non-hydrogen) atoms. The summed E-state index contributed by atoms with van der Waals surface area (Å²) in [5.74, 6) is 0. The fourth-order valence-electron chi connectivity index (χ4n) is 3.81. The molecule has 0 aromatic heterocycles. The van der Waals surface area contributed by atoms with Gasteiger partial charge in [0.25, 0.3) is 0 Å². The van der Waals surface area contributed by atoms with E-state index in [9.17, 15) is 25.5 Å². The van der Waals surface area contributed by atoms with Gasteiger partial charge >= 0.3 is 0 Å². The Hall–Kier alpha value is -0.580. The minimum Gasteiger partial charge on any atom is -0.394 e. The molecule has 1 heterocycles. The zero-order valence-electron chi connectivity index (χ0n) is 19.7. The highest BCUT2D eigenvalue weighted by Gasteiger charge is 2.44. The van der Waals surface area contributed by atoms with Crippen LogP contribution in [-0.4, -0.2) is 81.6 Å². The van der Waals surface area contributed by atoms with Gasteiger partial charge < -0.3 is 40.7 Å². The van der Waals surface area contributed by atoms with E-state index < -0.39 is 49.5 Å². The Bertz CT molecular complexity index is 477. The van der Waals surface area contributed by atoms with Gasteiger partial charge in [-0.05, 0) is 12.8 Å². The summed E-state index contributed by atoms with van der Waals surface area (Å²) in [7, 11) is 0. The second-order valence-electron chi connectivity index (χ2n) is 8.94. The number of rotatable bonds is 18. The molecule has 0 bridgehead atoms. The summed E-state index contributed by atoms with van der Waals surface area (Å²) < 4.78 is 10.6. The number of hydrogen-bond donors (Lipinski definition) is 6. The van der Waals surface area contributed by atoms with Crippen molar-refractivity contribution in [3.63, 3.8) is 0 Å². The van der Waals surface area contributed by atoms with E-state index in [1.165, 1.54) is 64.2 Å². The highest BCUT2D eigenvalue weighted by atomic mass is 16.7. The van der Waals surface area contributed by atoms with Crippen LogP contribution in [0.2, 0.25) is 0 Å². The summed E-state index contributed by atoms with van der Waals surface area (Å²) in [4.78, 5) is 0. The Labute approximate surface area is 193 Å². The topological polar surface area (TPSA) is 146 Å². The van der Waals surface area contributed by atoms with Gasteiger partial charge in [0, 0.05) is 0 Å². The van der Waals surface area contributed by atoms with E-state index in [2.05, 4.69) is 6.92 Å². The van der Waals surface area contributed by atoms with Crippen molar-refractivity contribution in [2.24, 2.45) is 5.73 Å². The number of nitrogens with two attached hydrogens (primary N) is 1. The quantitative estimate of drug-likeness (QED) is 0.134. The maximum Gasteiger partial charge on any atom is 0.186 e. The summed E-state index contributed by atoms with van der Waals surface area (Å²) in [5.41, 5.74) is 5.93. The lowest BCUT2D eigenvalue weighted by molar-refractivity contribution is -0.302. The van der Waals surface area contributed by atoms with Crippen LogP contribution in [0.15, 0.2) is 12.2 Å². The van der Waals surface area contributed by atoms with Crippen LogP contribution in [0.25, 0.3) is 0 Å². The first kappa shape index (κ1) is 29.5. The van der Waals surface area contributed by atoms with Gasteiger partial charge in [0.15, 0.2) is 6.29 Å². The molecule has 1 aliphatic rings. The number of allylic oxidation sites excluding steroid dienone is 1. The molecule has 0 aromatic rings. The van der Waals surface area contributed by atoms with Crippen molar-refractivity contribution in [2.75, 3.05) is 13.2 Å². The third-order valence-electron chi connectivity index (χ3n) is 6.05. The molecule has 0 spiro atoms. The maximum atomic E-state index is 10.2. The minimum absolute atomic E-state index is 0.118. The predicted octanol–water partition coefficient (Wildman–Crippen LogP) is 1.75. The molecule has 1 saturated heterocycles. The SMILES string of the molecule is CCCCCCCCCCCCC/C=C/[C@H](O)[C@H](N)CO[C@@H]1O[C@H](CO)[C@H](O)[C@H](O)C1O. The molecule has 1 aliphatic heterocycles. The standard InChI is InChI=1S/C24H47NO7/c1-2-3-4-5-6-7-8-9-10-11-12-13-14-15-19(27)18(25)17-31-24-23(30)22(29)21(28)20(16-26)32-24/h14-15,18-24,26-30H,2-13,16-17,25H2,1H3/b15-14+/t18-,19+,20-,21+,22+,23?,24-/m1/s1. The summed E-state index contributed by atoms with van der Waals surface area (Å²) >= 11 is 0. The second-order valence-corrected chi connectivity index (χ2v) is 8.94. The first-order valence-corrected chi connectivity index (χ1v) is 12.4. The van der Waals surface area contributed by atoms with Gasteiger partial charge in [0.05, 0.1) is 25.4 Å². The average Bonchev–Trinajstić information content (AvgIpc) is 2.79. The molecular formula is C24H47NO7. The van der Waals surface area contributed by atoms with Gasteiger partial charge in [-0.15, -0.1) is 0 Å². The summed E-state index contributed by atoms with van der Waals surface area (Å²) in [6.07, 6.45) is 11.1. The Balaban J connectivity index is 2.10. The molecule has 0 aromatic carbocycles. The summed E-state index contributed by atoms with van der Waals surface area (Å²) in [6.45, 7) is 1.60. The molecular weight excluding hydrogens is 414 g/mol. The van der Waals surface area contributed by atoms with E-state index >= 15 is 0 Å². The van der Waals surface area contributed by atoms with Crippen LogP contribution in [0.4, 0.5) is 0 Å². The van der Waals surface area contributed by atoms with E-state index in [1.807, 2.05) is 6.08 Å². The summed E-state index contributed by atoms with van der Waals surface area (Å²) in [5, 5.41) is 48.8. The molecule has 1 unspecified atom stereocenters. The normalized spacial score (nSPS) is 28.3. The lowest BCUT2D eigenvalue weighted by atomic mass is 9.99. The monoisotopic (exact) mass is 461 g/mol. The lowest BCUT2D eigenvalue weighted by Gasteiger charge is -2.39. The third-order valence-corrected chi connectivity index (χ3v) is 6.05. The Morgan fingerprint density at radius 2 is 1.44 bits per heavy atom. The summed E-state index contributed by atoms with van der Waals surface area (Å²) in [6, 6.07) is -0.740. The molecule has 0 saturated carbocycles. The Morgan fingerprint density at radius 3 is 2.00 bits per heavy atom. The molecule has 190 valence electrons. The van der Waals surface area contributed by atoms with Crippen molar-refractivity contribution >= 4 is 0 Å². The molecule has 0 radical (unpaired) electrons. The first-order chi connectivity index (χ1) is 15.4. The van der Waals surface area contributed by atoms with E-state index in [0.29, 0.717) is 0 Å². The van der Waals surface area contributed by atoms with E-state index in [0.717, 1.165) is 12.8 Å². The fourth-order valence-corrected chi connectivity index (χ4v) is 3.81.